The van der Waals surface area contributed by atoms with E-state index in [1.165, 1.54) is 0 Å². The van der Waals surface area contributed by atoms with Gasteiger partial charge in [-0.3, -0.25) is 4.79 Å². The highest BCUT2D eigenvalue weighted by Gasteiger charge is 2.32. The number of aliphatic hydroxyl groups excluding tert-OH is 1. The average molecular weight is 514 g/mol. The van der Waals surface area contributed by atoms with E-state index >= 15 is 0 Å². The molecule has 2 N–H and O–H groups in total. The van der Waals surface area contributed by atoms with Crippen LogP contribution in [0, 0.1) is 0 Å². The average Bonchev–Trinajstić information content (AvgIpc) is 2.97. The van der Waals surface area contributed by atoms with Crippen molar-refractivity contribution >= 4 is 23.4 Å². The van der Waals surface area contributed by atoms with E-state index in [9.17, 15) is 9.90 Å². The Kier molecular flexibility index (Phi) is 8.22. The lowest BCUT2D eigenvalue weighted by Crippen LogP contribution is -2.31. The second-order valence-corrected chi connectivity index (χ2v) is 9.63. The Labute approximate surface area is 219 Å². The number of aliphatic hydroxyl groups is 1. The van der Waals surface area contributed by atoms with Gasteiger partial charge in [-0.2, -0.15) is 0 Å². The quantitative estimate of drug-likeness (QED) is 0.235. The van der Waals surface area contributed by atoms with Crippen molar-refractivity contribution in [2.75, 3.05) is 11.1 Å². The molecule has 1 saturated heterocycles. The van der Waals surface area contributed by atoms with Gasteiger partial charge in [0.1, 0.15) is 0 Å². The van der Waals surface area contributed by atoms with Crippen LogP contribution in [0.2, 0.25) is 0 Å². The molecule has 0 radical (unpaired) electrons. The molecule has 2 heterocycles. The van der Waals surface area contributed by atoms with Crippen molar-refractivity contribution in [1.82, 2.24) is 9.97 Å². The molecule has 1 fully saturated rings. The Morgan fingerprint density at radius 1 is 0.919 bits per heavy atom. The van der Waals surface area contributed by atoms with Crippen LogP contribution in [0.3, 0.4) is 0 Å². The Bertz CT molecular complexity index is 1310. The number of ether oxygens (including phenoxy) is 2. The number of carbonyl (C=O) groups excluding carboxylic acids is 1. The molecule has 1 aliphatic rings. The topological polar surface area (TPSA) is 93.6 Å². The lowest BCUT2D eigenvalue weighted by Gasteiger charge is -2.36. The van der Waals surface area contributed by atoms with Crippen LogP contribution in [0.5, 0.6) is 0 Å². The maximum Gasteiger partial charge on any atom is 0.255 e. The summed E-state index contributed by atoms with van der Waals surface area (Å²) in [7, 11) is 0. The number of thioether (sulfide) groups is 1. The van der Waals surface area contributed by atoms with E-state index in [0.29, 0.717) is 28.6 Å². The number of hydrogen-bond donors (Lipinski definition) is 2. The van der Waals surface area contributed by atoms with E-state index in [0.717, 1.165) is 16.7 Å². The van der Waals surface area contributed by atoms with Crippen molar-refractivity contribution in [2.45, 2.75) is 36.7 Å². The molecule has 8 heteroatoms. The summed E-state index contributed by atoms with van der Waals surface area (Å²) in [5, 5.41) is 13.1. The van der Waals surface area contributed by atoms with Crippen LogP contribution in [-0.2, 0) is 16.1 Å². The van der Waals surface area contributed by atoms with Gasteiger partial charge in [-0.05, 0) is 41.5 Å². The van der Waals surface area contributed by atoms with Gasteiger partial charge < -0.3 is 19.9 Å². The third kappa shape index (κ3) is 6.61. The minimum absolute atomic E-state index is 0.00459. The fraction of sp³-hybridized carbons (Fsp3) is 0.207. The second-order valence-electron chi connectivity index (χ2n) is 8.64. The monoisotopic (exact) mass is 513 g/mol. The summed E-state index contributed by atoms with van der Waals surface area (Å²) in [6.07, 6.45) is 3.19. The third-order valence-electron chi connectivity index (χ3n) is 6.01. The van der Waals surface area contributed by atoms with Gasteiger partial charge in [-0.1, -0.05) is 66.4 Å². The van der Waals surface area contributed by atoms with Gasteiger partial charge in [0.25, 0.3) is 5.91 Å². The van der Waals surface area contributed by atoms with E-state index in [1.807, 2.05) is 66.7 Å². The number of nitrogens with one attached hydrogen (secondary N) is 1. The van der Waals surface area contributed by atoms with Gasteiger partial charge in [0.05, 0.1) is 18.8 Å². The summed E-state index contributed by atoms with van der Waals surface area (Å²) in [4.78, 5) is 21.3. The summed E-state index contributed by atoms with van der Waals surface area (Å²) >= 11 is 1.54. The van der Waals surface area contributed by atoms with Gasteiger partial charge in [-0.15, -0.1) is 0 Å². The Morgan fingerprint density at radius 2 is 1.70 bits per heavy atom. The first kappa shape index (κ1) is 25.1. The molecule has 188 valence electrons. The number of hydrogen-bond acceptors (Lipinski definition) is 7. The first-order valence-corrected chi connectivity index (χ1v) is 13.0. The van der Waals surface area contributed by atoms with Crippen molar-refractivity contribution < 1.29 is 19.4 Å². The first-order valence-electron chi connectivity index (χ1n) is 12.0. The van der Waals surface area contributed by atoms with Crippen LogP contribution in [-0.4, -0.2) is 32.8 Å². The van der Waals surface area contributed by atoms with Crippen molar-refractivity contribution in [2.24, 2.45) is 0 Å². The summed E-state index contributed by atoms with van der Waals surface area (Å²) < 4.78 is 12.8. The predicted octanol–water partition coefficient (Wildman–Crippen LogP) is 5.56. The first-order chi connectivity index (χ1) is 18.2. The Hall–Kier alpha value is -3.56. The number of rotatable bonds is 8. The zero-order valence-corrected chi connectivity index (χ0v) is 20.9. The fourth-order valence-electron chi connectivity index (χ4n) is 4.11. The van der Waals surface area contributed by atoms with Crippen LogP contribution in [0.15, 0.2) is 102 Å². The smallest absolute Gasteiger partial charge is 0.255 e. The number of aromatic nitrogens is 2. The van der Waals surface area contributed by atoms with Crippen molar-refractivity contribution in [3.63, 3.8) is 0 Å². The number of amides is 1. The molecule has 1 aromatic heterocycles. The minimum atomic E-state index is -0.618. The van der Waals surface area contributed by atoms with Gasteiger partial charge in [0, 0.05) is 41.4 Å². The van der Waals surface area contributed by atoms with Gasteiger partial charge in [-0.25, -0.2) is 9.97 Å². The van der Waals surface area contributed by atoms with E-state index in [1.54, 1.807) is 42.4 Å². The highest BCUT2D eigenvalue weighted by molar-refractivity contribution is 7.99. The molecular weight excluding hydrogens is 486 g/mol. The molecule has 4 aromatic rings. The van der Waals surface area contributed by atoms with Gasteiger partial charge in [0.2, 0.25) is 0 Å². The van der Waals surface area contributed by atoms with Crippen LogP contribution in [0.25, 0.3) is 0 Å². The summed E-state index contributed by atoms with van der Waals surface area (Å²) in [6.45, 7) is -0.00459. The number of carbonyl (C=O) groups is 1. The maximum atomic E-state index is 12.7. The zero-order valence-electron chi connectivity index (χ0n) is 20.1. The molecule has 0 spiro atoms. The van der Waals surface area contributed by atoms with Crippen molar-refractivity contribution in [3.05, 3.63) is 120 Å². The highest BCUT2D eigenvalue weighted by Crippen LogP contribution is 2.39. The fourth-order valence-corrected chi connectivity index (χ4v) is 4.93. The Balaban J connectivity index is 1.35. The molecule has 0 saturated carbocycles. The van der Waals surface area contributed by atoms with E-state index < -0.39 is 6.29 Å². The maximum absolute atomic E-state index is 12.7. The van der Waals surface area contributed by atoms with E-state index in [4.69, 9.17) is 9.47 Å². The predicted molar refractivity (Wildman–Crippen MR) is 142 cm³/mol. The van der Waals surface area contributed by atoms with Crippen LogP contribution < -0.4 is 5.32 Å². The molecule has 1 aliphatic heterocycles. The molecule has 1 amide bonds. The third-order valence-corrected chi connectivity index (χ3v) is 7.02. The molecule has 7 nitrogen and oxygen atoms in total. The lowest BCUT2D eigenvalue weighted by atomic mass is 10.0. The largest absolute Gasteiger partial charge is 0.392 e. The van der Waals surface area contributed by atoms with Crippen molar-refractivity contribution in [3.8, 4) is 0 Å². The second kappa shape index (κ2) is 12.1. The van der Waals surface area contributed by atoms with E-state index in [2.05, 4.69) is 15.3 Å². The SMILES string of the molecule is O=C(Nc1cccc([C@H]2O[C@@H](CSc3ncccn3)C[C@@H](c3ccc(CO)cc3)O2)c1)c1ccccc1. The minimum Gasteiger partial charge on any atom is -0.392 e. The van der Waals surface area contributed by atoms with Gasteiger partial charge in [0.15, 0.2) is 11.4 Å². The van der Waals surface area contributed by atoms with Crippen LogP contribution in [0.1, 0.15) is 45.9 Å². The van der Waals surface area contributed by atoms with Crippen molar-refractivity contribution in [1.29, 1.82) is 0 Å². The number of benzene rings is 3. The molecule has 3 atom stereocenters. The molecule has 5 rings (SSSR count). The summed E-state index contributed by atoms with van der Waals surface area (Å²) in [5.74, 6) is 0.488. The standard InChI is InChI=1S/C29H27N3O4S/c33-18-20-10-12-21(13-11-20)26-17-25(19-37-29-30-14-5-15-31-29)35-28(36-26)23-8-4-9-24(16-23)32-27(34)22-6-2-1-3-7-22/h1-16,25-26,28,33H,17-19H2,(H,32,34)/t25-,26+,28+/m1/s1. The molecule has 0 aliphatic carbocycles. The summed E-state index contributed by atoms with van der Waals surface area (Å²) in [6, 6.07) is 26.2. The highest BCUT2D eigenvalue weighted by atomic mass is 32.2. The van der Waals surface area contributed by atoms with Crippen LogP contribution >= 0.6 is 11.8 Å². The molecular formula is C29H27N3O4S. The van der Waals surface area contributed by atoms with Crippen LogP contribution in [0.4, 0.5) is 5.69 Å². The molecule has 0 bridgehead atoms. The van der Waals surface area contributed by atoms with E-state index in [-0.39, 0.29) is 24.7 Å². The lowest BCUT2D eigenvalue weighted by molar-refractivity contribution is -0.245. The molecule has 37 heavy (non-hydrogen) atoms. The summed E-state index contributed by atoms with van der Waals surface area (Å²) in [5.41, 5.74) is 3.93. The number of anilines is 1. The number of nitrogens with zero attached hydrogens (tertiary/aromatic N) is 2. The molecule has 3 aromatic carbocycles. The normalized spacial score (nSPS) is 19.3. The van der Waals surface area contributed by atoms with Gasteiger partial charge >= 0.3 is 0 Å². The Morgan fingerprint density at radius 3 is 2.46 bits per heavy atom. The zero-order chi connectivity index (χ0) is 25.5. The molecule has 0 unspecified atom stereocenters.